The molecule has 0 unspecified atom stereocenters. The molecule has 1 aliphatic heterocycles. The fourth-order valence-corrected chi connectivity index (χ4v) is 14.9. The second kappa shape index (κ2) is 14.2. The molecule has 1 heterocycles. The molecular weight excluding hydrogens is 697 g/mol. The number of Topliss-reactive ketones (excluding diaryl/α,β-unsaturated/α-hetero) is 1. The molecule has 8 atom stereocenters. The highest BCUT2D eigenvalue weighted by Crippen LogP contribution is 2.77. The van der Waals surface area contributed by atoms with E-state index in [4.69, 9.17) is 0 Å². The van der Waals surface area contributed by atoms with Gasteiger partial charge in [-0.15, -0.1) is 0 Å². The normalized spacial score (nSPS) is 37.3. The number of ketones is 1. The maximum absolute atomic E-state index is 14.3. The minimum Gasteiger partial charge on any atom is -0.478 e. The molecule has 8 rings (SSSR count). The summed E-state index contributed by atoms with van der Waals surface area (Å²) in [5.41, 5.74) is 4.61. The summed E-state index contributed by atoms with van der Waals surface area (Å²) in [5.74, 6) is 1.38. The van der Waals surface area contributed by atoms with Gasteiger partial charge in [0.15, 0.2) is 5.78 Å². The summed E-state index contributed by atoms with van der Waals surface area (Å²) < 4.78 is 0. The van der Waals surface area contributed by atoms with E-state index in [1.165, 1.54) is 17.6 Å². The largest absolute Gasteiger partial charge is 0.478 e. The Kier molecular flexibility index (Phi) is 10.2. The quantitative estimate of drug-likeness (QED) is 0.246. The van der Waals surface area contributed by atoms with Gasteiger partial charge in [-0.1, -0.05) is 78.7 Å². The van der Waals surface area contributed by atoms with Crippen molar-refractivity contribution in [2.24, 2.45) is 56.7 Å². The topological polar surface area (TPSA) is 98.2 Å². The highest BCUT2D eigenvalue weighted by molar-refractivity contribution is 6.01. The second-order valence-corrected chi connectivity index (χ2v) is 21.4. The average molecular weight is 767 g/mol. The Hall–Kier alpha value is -2.77. The summed E-state index contributed by atoms with van der Waals surface area (Å²) in [4.78, 5) is 44.2. The zero-order valence-corrected chi connectivity index (χ0v) is 35.6. The number of carboxylic acids is 1. The molecule has 5 fully saturated rings. The van der Waals surface area contributed by atoms with E-state index in [-0.39, 0.29) is 45.2 Å². The van der Waals surface area contributed by atoms with Crippen molar-refractivity contribution < 1.29 is 24.6 Å². The van der Waals surface area contributed by atoms with Crippen molar-refractivity contribution >= 4 is 23.2 Å². The van der Waals surface area contributed by atoms with Crippen molar-refractivity contribution in [2.75, 3.05) is 32.7 Å². The fourth-order valence-electron chi connectivity index (χ4n) is 14.9. The first-order chi connectivity index (χ1) is 26.5. The Morgan fingerprint density at radius 2 is 1.57 bits per heavy atom. The molecule has 1 amide bonds. The highest BCUT2D eigenvalue weighted by Gasteiger charge is 2.70. The summed E-state index contributed by atoms with van der Waals surface area (Å²) in [6.07, 6.45) is 15.2. The van der Waals surface area contributed by atoms with Crippen LogP contribution in [0.1, 0.15) is 148 Å². The van der Waals surface area contributed by atoms with Gasteiger partial charge in [0.1, 0.15) is 0 Å². The molecule has 0 spiro atoms. The SMILES string of the molecule is CC(C)C1=C2[C@H]3CC[C@@H]4[C@@]5(C)CC=C(c6ccc(C(=O)O)cc6)C(C)(C)[C@@H]5CC[C@@]4(C)[C@]3(C)CC[C@@]2([C@@H](O)CN(CC2CCC2)C(=O)CN2CCCC2)CC1=O. The van der Waals surface area contributed by atoms with Crippen molar-refractivity contribution in [3.8, 4) is 0 Å². The third-order valence-electron chi connectivity index (χ3n) is 18.1. The molecule has 1 aromatic rings. The number of nitrogens with zero attached hydrogens (tertiary/aromatic N) is 2. The molecule has 306 valence electrons. The first-order valence-corrected chi connectivity index (χ1v) is 22.5. The number of hydrogen-bond donors (Lipinski definition) is 2. The van der Waals surface area contributed by atoms with Gasteiger partial charge in [-0.3, -0.25) is 14.5 Å². The van der Waals surface area contributed by atoms with Crippen LogP contribution in [0, 0.1) is 56.7 Å². The van der Waals surface area contributed by atoms with Crippen LogP contribution in [0.2, 0.25) is 0 Å². The minimum absolute atomic E-state index is 0.00873. The van der Waals surface area contributed by atoms with E-state index in [2.05, 4.69) is 59.4 Å². The number of fused-ring (bicyclic) bond motifs is 7. The molecule has 0 bridgehead atoms. The van der Waals surface area contributed by atoms with E-state index in [0.717, 1.165) is 101 Å². The van der Waals surface area contributed by atoms with Crippen LogP contribution in [0.5, 0.6) is 0 Å². The van der Waals surface area contributed by atoms with Crippen LogP contribution in [0.25, 0.3) is 5.57 Å². The summed E-state index contributed by atoms with van der Waals surface area (Å²) in [7, 11) is 0. The molecule has 1 aromatic carbocycles. The van der Waals surface area contributed by atoms with Crippen LogP contribution in [-0.2, 0) is 9.59 Å². The van der Waals surface area contributed by atoms with Crippen molar-refractivity contribution in [2.45, 2.75) is 138 Å². The van der Waals surface area contributed by atoms with Gasteiger partial charge in [-0.25, -0.2) is 4.79 Å². The first-order valence-electron chi connectivity index (χ1n) is 22.5. The number of amides is 1. The summed E-state index contributed by atoms with van der Waals surface area (Å²) in [6.45, 7) is 20.4. The number of benzene rings is 1. The van der Waals surface area contributed by atoms with E-state index in [9.17, 15) is 24.6 Å². The number of allylic oxidation sites excluding steroid dienone is 3. The predicted octanol–water partition coefficient (Wildman–Crippen LogP) is 9.44. The predicted molar refractivity (Wildman–Crippen MR) is 222 cm³/mol. The van der Waals surface area contributed by atoms with E-state index in [1.807, 2.05) is 17.0 Å². The van der Waals surface area contributed by atoms with Crippen molar-refractivity contribution in [1.82, 2.24) is 9.80 Å². The van der Waals surface area contributed by atoms with Gasteiger partial charge in [0.05, 0.1) is 18.2 Å². The van der Waals surface area contributed by atoms with Gasteiger partial charge in [0.2, 0.25) is 5.91 Å². The molecule has 2 N–H and O–H groups in total. The van der Waals surface area contributed by atoms with Gasteiger partial charge in [0.25, 0.3) is 0 Å². The number of aromatic carboxylic acids is 1. The second-order valence-electron chi connectivity index (χ2n) is 21.4. The lowest BCUT2D eigenvalue weighted by Gasteiger charge is -2.71. The van der Waals surface area contributed by atoms with Gasteiger partial charge in [-0.05, 0) is 164 Å². The number of carbonyl (C=O) groups is 3. The number of likely N-dealkylation sites (tertiary alicyclic amines) is 1. The molecule has 4 saturated carbocycles. The van der Waals surface area contributed by atoms with Gasteiger partial charge in [-0.2, -0.15) is 0 Å². The van der Waals surface area contributed by atoms with Crippen molar-refractivity contribution in [3.63, 3.8) is 0 Å². The molecule has 7 heteroatoms. The summed E-state index contributed by atoms with van der Waals surface area (Å²) in [6, 6.07) is 7.49. The monoisotopic (exact) mass is 767 g/mol. The van der Waals surface area contributed by atoms with Gasteiger partial charge in [0, 0.05) is 24.9 Å². The lowest BCUT2D eigenvalue weighted by atomic mass is 9.33. The number of rotatable bonds is 10. The third-order valence-corrected chi connectivity index (χ3v) is 18.1. The summed E-state index contributed by atoms with van der Waals surface area (Å²) in [5, 5.41) is 22.2. The molecule has 0 aromatic heterocycles. The number of hydrogen-bond acceptors (Lipinski definition) is 5. The zero-order valence-electron chi connectivity index (χ0n) is 35.6. The number of aliphatic hydroxyl groups is 1. The molecular formula is C49H70N2O5. The first kappa shape index (κ1) is 40.0. The molecule has 1 saturated heterocycles. The average Bonchev–Trinajstić information content (AvgIpc) is 3.74. The van der Waals surface area contributed by atoms with Crippen LogP contribution in [-0.4, -0.2) is 76.5 Å². The maximum atomic E-state index is 14.3. The Morgan fingerprint density at radius 1 is 0.875 bits per heavy atom. The lowest BCUT2D eigenvalue weighted by Crippen LogP contribution is -2.65. The Balaban J connectivity index is 1.10. The standard InChI is InChI=1S/C49H70N2O5/c1-31(2)42-37(52)27-49(40(53)29-51(28-32-11-10-12-32)41(54)30-50-25-8-9-26-50)24-23-47(6)36(43(42)49)17-18-39-46(5)21-19-35(33-13-15-34(16-14-33)44(55)56)45(3,4)38(46)20-22-48(39,47)7/h13-16,19,31-32,36,38-40,53H,8-12,17-18,20-30H2,1-7H3,(H,55,56)/t36-,38+,39-,40+,46+,47-,48-,49+/m1/s1. The molecule has 56 heavy (non-hydrogen) atoms. The third kappa shape index (κ3) is 6.04. The van der Waals surface area contributed by atoms with Crippen LogP contribution in [0.4, 0.5) is 0 Å². The maximum Gasteiger partial charge on any atom is 0.335 e. The van der Waals surface area contributed by atoms with Crippen molar-refractivity contribution in [1.29, 1.82) is 0 Å². The number of carbonyl (C=O) groups excluding carboxylic acids is 2. The van der Waals surface area contributed by atoms with E-state index < -0.39 is 17.5 Å². The van der Waals surface area contributed by atoms with Crippen LogP contribution in [0.15, 0.2) is 41.5 Å². The highest BCUT2D eigenvalue weighted by atomic mass is 16.4. The zero-order chi connectivity index (χ0) is 40.0. The Morgan fingerprint density at radius 3 is 2.20 bits per heavy atom. The molecule has 6 aliphatic carbocycles. The van der Waals surface area contributed by atoms with Crippen LogP contribution < -0.4 is 0 Å². The van der Waals surface area contributed by atoms with Crippen LogP contribution in [0.3, 0.4) is 0 Å². The van der Waals surface area contributed by atoms with E-state index in [0.29, 0.717) is 42.8 Å². The Labute approximate surface area is 336 Å². The molecule has 7 aliphatic rings. The number of aliphatic hydroxyl groups excluding tert-OH is 1. The van der Waals surface area contributed by atoms with Crippen LogP contribution >= 0.6 is 0 Å². The Bertz CT molecular complexity index is 1800. The van der Waals surface area contributed by atoms with Gasteiger partial charge >= 0.3 is 5.97 Å². The van der Waals surface area contributed by atoms with Crippen molar-refractivity contribution in [3.05, 3.63) is 52.6 Å². The van der Waals surface area contributed by atoms with E-state index >= 15 is 0 Å². The molecule has 7 nitrogen and oxygen atoms in total. The smallest absolute Gasteiger partial charge is 0.335 e. The van der Waals surface area contributed by atoms with Gasteiger partial charge < -0.3 is 15.1 Å². The minimum atomic E-state index is -0.890. The van der Waals surface area contributed by atoms with E-state index in [1.54, 1.807) is 12.1 Å². The fraction of sp³-hybridized carbons (Fsp3) is 0.735. The number of carboxylic acid groups (broad SMARTS) is 1. The summed E-state index contributed by atoms with van der Waals surface area (Å²) >= 11 is 0. The molecule has 0 radical (unpaired) electrons. The lowest BCUT2D eigenvalue weighted by molar-refractivity contribution is -0.200.